The number of nitro groups is 1. The summed E-state index contributed by atoms with van der Waals surface area (Å²) >= 11 is 0. The Kier molecular flexibility index (Phi) is 9.38. The van der Waals surface area contributed by atoms with Gasteiger partial charge in [0.25, 0.3) is 15.7 Å². The highest BCUT2D eigenvalue weighted by Crippen LogP contribution is 2.28. The van der Waals surface area contributed by atoms with Crippen molar-refractivity contribution >= 4 is 33.2 Å². The van der Waals surface area contributed by atoms with Crippen molar-refractivity contribution in [3.63, 3.8) is 0 Å². The average Bonchev–Trinajstić information content (AvgIpc) is 3.48. The number of benzene rings is 3. The molecule has 0 saturated heterocycles. The van der Waals surface area contributed by atoms with Gasteiger partial charge in [-0.1, -0.05) is 66.9 Å². The van der Waals surface area contributed by atoms with Gasteiger partial charge in [0, 0.05) is 24.7 Å². The lowest BCUT2D eigenvalue weighted by molar-refractivity contribution is -0.384. The van der Waals surface area contributed by atoms with Gasteiger partial charge in [0.2, 0.25) is 11.8 Å². The summed E-state index contributed by atoms with van der Waals surface area (Å²) in [4.78, 5) is 39.4. The number of sulfonamides is 1. The molecule has 0 spiro atoms. The maximum atomic E-state index is 14.0. The lowest BCUT2D eigenvalue weighted by atomic mass is 10.1. The molecule has 1 fully saturated rings. The van der Waals surface area contributed by atoms with E-state index in [9.17, 15) is 28.1 Å². The number of anilines is 1. The highest BCUT2D eigenvalue weighted by molar-refractivity contribution is 7.92. The molecule has 10 nitrogen and oxygen atoms in total. The van der Waals surface area contributed by atoms with E-state index in [0.717, 1.165) is 47.2 Å². The quantitative estimate of drug-likeness (QED) is 0.262. The summed E-state index contributed by atoms with van der Waals surface area (Å²) in [5.74, 6) is -0.934. The Balaban J connectivity index is 1.70. The predicted molar refractivity (Wildman–Crippen MR) is 156 cm³/mol. The zero-order chi connectivity index (χ0) is 29.6. The summed E-state index contributed by atoms with van der Waals surface area (Å²) in [6.07, 6.45) is 3.81. The predicted octanol–water partition coefficient (Wildman–Crippen LogP) is 4.57. The standard InChI is InChI=1S/C30H34N4O6S/c1-22-15-17-24(18-16-22)20-32(23(2)30(36)31-25-9-6-7-10-25)29(35)21-33(26-11-8-12-27(19-26)34(37)38)41(39,40)28-13-4-3-5-14-28/h3-5,8,11-19,23,25H,6-7,9-10,20-21H2,1-2H3,(H,31,36)/t23-/m1/s1. The smallest absolute Gasteiger partial charge is 0.271 e. The van der Waals surface area contributed by atoms with Gasteiger partial charge in [-0.25, -0.2) is 8.42 Å². The summed E-state index contributed by atoms with van der Waals surface area (Å²) in [5, 5.41) is 14.5. The summed E-state index contributed by atoms with van der Waals surface area (Å²) in [5.41, 5.74) is 1.46. The largest absolute Gasteiger partial charge is 0.352 e. The second-order valence-corrected chi connectivity index (χ2v) is 12.1. The van der Waals surface area contributed by atoms with Gasteiger partial charge in [-0.2, -0.15) is 0 Å². The van der Waals surface area contributed by atoms with Crippen molar-refractivity contribution in [2.75, 3.05) is 10.8 Å². The number of hydrogen-bond acceptors (Lipinski definition) is 6. The van der Waals surface area contributed by atoms with Crippen LogP contribution in [0.15, 0.2) is 83.8 Å². The molecule has 0 heterocycles. The Bertz CT molecular complexity index is 1490. The van der Waals surface area contributed by atoms with Crippen LogP contribution < -0.4 is 9.62 Å². The lowest BCUT2D eigenvalue weighted by Crippen LogP contribution is -2.52. The molecule has 1 aliphatic carbocycles. The van der Waals surface area contributed by atoms with Crippen LogP contribution >= 0.6 is 0 Å². The van der Waals surface area contributed by atoms with Gasteiger partial charge < -0.3 is 10.2 Å². The SMILES string of the molecule is Cc1ccc(CN(C(=O)CN(c2cccc([N+](=O)[O-])c2)S(=O)(=O)c2ccccc2)[C@H](C)C(=O)NC2CCCC2)cc1. The summed E-state index contributed by atoms with van der Waals surface area (Å²) in [6.45, 7) is 2.98. The Labute approximate surface area is 240 Å². The monoisotopic (exact) mass is 578 g/mol. The van der Waals surface area contributed by atoms with Crippen LogP contribution in [0.5, 0.6) is 0 Å². The number of hydrogen-bond donors (Lipinski definition) is 1. The van der Waals surface area contributed by atoms with Crippen LogP contribution in [0.2, 0.25) is 0 Å². The molecule has 1 saturated carbocycles. The third-order valence-electron chi connectivity index (χ3n) is 7.28. The minimum absolute atomic E-state index is 0.0326. The van der Waals surface area contributed by atoms with Gasteiger partial charge in [-0.05, 0) is 50.5 Å². The molecule has 0 aromatic heterocycles. The van der Waals surface area contributed by atoms with Crippen LogP contribution in [0.25, 0.3) is 0 Å². The number of nitrogens with one attached hydrogen (secondary N) is 1. The molecule has 0 bridgehead atoms. The number of aryl methyl sites for hydroxylation is 1. The Hall–Kier alpha value is -4.25. The van der Waals surface area contributed by atoms with E-state index in [1.54, 1.807) is 25.1 Å². The maximum Gasteiger partial charge on any atom is 0.271 e. The van der Waals surface area contributed by atoms with Crippen LogP contribution in [0.1, 0.15) is 43.7 Å². The van der Waals surface area contributed by atoms with Gasteiger partial charge in [0.15, 0.2) is 0 Å². The molecule has 11 heteroatoms. The average molecular weight is 579 g/mol. The molecule has 0 aliphatic heterocycles. The topological polar surface area (TPSA) is 130 Å². The van der Waals surface area contributed by atoms with E-state index in [1.807, 2.05) is 31.2 Å². The fraction of sp³-hybridized carbons (Fsp3) is 0.333. The highest BCUT2D eigenvalue weighted by atomic mass is 32.2. The van der Waals surface area contributed by atoms with Crippen molar-refractivity contribution in [1.29, 1.82) is 0 Å². The Morgan fingerprint density at radius 3 is 2.29 bits per heavy atom. The first kappa shape index (κ1) is 29.7. The molecule has 3 aromatic carbocycles. The maximum absolute atomic E-state index is 14.0. The summed E-state index contributed by atoms with van der Waals surface area (Å²) in [6, 6.07) is 19.4. The van der Waals surface area contributed by atoms with E-state index in [0.29, 0.717) is 0 Å². The van der Waals surface area contributed by atoms with E-state index < -0.39 is 33.4 Å². The normalized spacial score (nSPS) is 14.3. The Morgan fingerprint density at radius 1 is 1.00 bits per heavy atom. The summed E-state index contributed by atoms with van der Waals surface area (Å²) < 4.78 is 28.5. The third kappa shape index (κ3) is 7.29. The zero-order valence-corrected chi connectivity index (χ0v) is 23.9. The highest BCUT2D eigenvalue weighted by Gasteiger charge is 2.33. The molecule has 2 amide bonds. The number of nitrogens with zero attached hydrogens (tertiary/aromatic N) is 3. The van der Waals surface area contributed by atoms with E-state index >= 15 is 0 Å². The minimum Gasteiger partial charge on any atom is -0.352 e. The van der Waals surface area contributed by atoms with E-state index in [4.69, 9.17) is 0 Å². The molecule has 4 rings (SSSR count). The van der Waals surface area contributed by atoms with Crippen LogP contribution in [0.3, 0.4) is 0 Å². The number of carbonyl (C=O) groups excluding carboxylic acids is 2. The lowest BCUT2D eigenvalue weighted by Gasteiger charge is -2.32. The minimum atomic E-state index is -4.31. The van der Waals surface area contributed by atoms with Crippen molar-refractivity contribution in [3.05, 3.63) is 100 Å². The second-order valence-electron chi connectivity index (χ2n) is 10.3. The van der Waals surface area contributed by atoms with Crippen molar-refractivity contribution in [1.82, 2.24) is 10.2 Å². The van der Waals surface area contributed by atoms with Crippen LogP contribution in [-0.2, 0) is 26.2 Å². The van der Waals surface area contributed by atoms with Crippen molar-refractivity contribution in [2.45, 2.75) is 63.1 Å². The van der Waals surface area contributed by atoms with Gasteiger partial charge in [-0.15, -0.1) is 0 Å². The van der Waals surface area contributed by atoms with Gasteiger partial charge in [-0.3, -0.25) is 24.0 Å². The molecule has 3 aromatic rings. The number of non-ortho nitro benzene ring substituents is 1. The van der Waals surface area contributed by atoms with E-state index in [2.05, 4.69) is 5.32 Å². The van der Waals surface area contributed by atoms with Crippen LogP contribution in [0.4, 0.5) is 11.4 Å². The fourth-order valence-electron chi connectivity index (χ4n) is 4.87. The fourth-order valence-corrected chi connectivity index (χ4v) is 6.30. The first-order chi connectivity index (χ1) is 19.6. The molecule has 1 aliphatic rings. The van der Waals surface area contributed by atoms with Crippen molar-refractivity contribution < 1.29 is 22.9 Å². The first-order valence-electron chi connectivity index (χ1n) is 13.5. The second kappa shape index (κ2) is 12.9. The molecule has 216 valence electrons. The molecular weight excluding hydrogens is 544 g/mol. The zero-order valence-electron chi connectivity index (χ0n) is 23.1. The molecular formula is C30H34N4O6S. The molecule has 0 unspecified atom stereocenters. The van der Waals surface area contributed by atoms with Gasteiger partial charge in [0.05, 0.1) is 15.5 Å². The third-order valence-corrected chi connectivity index (χ3v) is 9.07. The number of rotatable bonds is 11. The molecule has 41 heavy (non-hydrogen) atoms. The van der Waals surface area contributed by atoms with E-state index in [-0.39, 0.29) is 34.8 Å². The first-order valence-corrected chi connectivity index (χ1v) is 15.0. The summed E-state index contributed by atoms with van der Waals surface area (Å²) in [7, 11) is -4.31. The van der Waals surface area contributed by atoms with Crippen molar-refractivity contribution in [3.8, 4) is 0 Å². The van der Waals surface area contributed by atoms with Crippen LogP contribution in [-0.4, -0.2) is 48.7 Å². The number of nitro benzene ring substituents is 1. The molecule has 1 N–H and O–H groups in total. The Morgan fingerprint density at radius 2 is 1.66 bits per heavy atom. The van der Waals surface area contributed by atoms with E-state index in [1.165, 1.54) is 35.2 Å². The molecule has 1 atom stereocenters. The van der Waals surface area contributed by atoms with Gasteiger partial charge >= 0.3 is 0 Å². The van der Waals surface area contributed by atoms with Crippen molar-refractivity contribution in [2.24, 2.45) is 0 Å². The molecule has 0 radical (unpaired) electrons. The number of carbonyl (C=O) groups is 2. The van der Waals surface area contributed by atoms with Gasteiger partial charge in [0.1, 0.15) is 12.6 Å². The number of amides is 2. The van der Waals surface area contributed by atoms with Crippen LogP contribution in [0, 0.1) is 17.0 Å².